The molecule has 24 heavy (non-hydrogen) atoms. The van der Waals surface area contributed by atoms with Gasteiger partial charge in [-0.05, 0) is 54.5 Å². The molecule has 2 heterocycles. The molecule has 1 aliphatic heterocycles. The third kappa shape index (κ3) is 2.71. The lowest BCUT2D eigenvalue weighted by Gasteiger charge is -2.23. The van der Waals surface area contributed by atoms with Gasteiger partial charge in [0.15, 0.2) is 11.4 Å². The maximum Gasteiger partial charge on any atom is 0.280 e. The molecule has 0 bridgehead atoms. The molecule has 0 unspecified atom stereocenters. The number of benzene rings is 1. The van der Waals surface area contributed by atoms with Gasteiger partial charge in [-0.2, -0.15) is 0 Å². The van der Waals surface area contributed by atoms with Gasteiger partial charge in [0.25, 0.3) is 5.91 Å². The van der Waals surface area contributed by atoms with Crippen LogP contribution in [0.3, 0.4) is 0 Å². The Labute approximate surface area is 150 Å². The average Bonchev–Trinajstić information content (AvgIpc) is 3.43. The summed E-state index contributed by atoms with van der Waals surface area (Å²) in [6, 6.07) is 7.96. The zero-order valence-corrected chi connectivity index (χ0v) is 15.2. The number of aromatic nitrogens is 1. The fourth-order valence-electron chi connectivity index (χ4n) is 3.23. The molecule has 1 aliphatic carbocycles. The Balaban J connectivity index is 1.74. The van der Waals surface area contributed by atoms with Gasteiger partial charge in [0, 0.05) is 16.4 Å². The van der Waals surface area contributed by atoms with Gasteiger partial charge in [-0.3, -0.25) is 4.79 Å². The minimum absolute atomic E-state index is 0.0855. The molecular formula is C19H19BrN2O2. The molecule has 1 aromatic carbocycles. The van der Waals surface area contributed by atoms with Gasteiger partial charge < -0.3 is 9.64 Å². The Morgan fingerprint density at radius 2 is 2.21 bits per heavy atom. The molecule has 1 aromatic heterocycles. The summed E-state index contributed by atoms with van der Waals surface area (Å²) in [5, 5.41) is 0. The number of ether oxygens (including phenoxy) is 1. The number of anilines is 1. The van der Waals surface area contributed by atoms with Crippen molar-refractivity contribution in [1.29, 1.82) is 0 Å². The number of hydrogen-bond acceptors (Lipinski definition) is 3. The van der Waals surface area contributed by atoms with E-state index in [9.17, 15) is 4.79 Å². The molecule has 1 amide bonds. The number of pyridine rings is 1. The van der Waals surface area contributed by atoms with Crippen LogP contribution in [0.5, 0.6) is 5.75 Å². The van der Waals surface area contributed by atoms with E-state index < -0.39 is 0 Å². The second-order valence-electron chi connectivity index (χ2n) is 6.29. The molecule has 124 valence electrons. The molecule has 4 rings (SSSR count). The minimum Gasteiger partial charge on any atom is -0.489 e. The highest BCUT2D eigenvalue weighted by Gasteiger charge is 2.30. The van der Waals surface area contributed by atoms with Crippen molar-refractivity contribution in [2.24, 2.45) is 0 Å². The SMILES string of the molecule is CCc1c(Br)cccc1N1CCOc2cc(C3CC3)cnc2C1=O. The van der Waals surface area contributed by atoms with Crippen molar-refractivity contribution in [2.75, 3.05) is 18.1 Å². The fraction of sp³-hybridized carbons (Fsp3) is 0.368. The first kappa shape index (κ1) is 15.6. The van der Waals surface area contributed by atoms with Crippen molar-refractivity contribution in [3.63, 3.8) is 0 Å². The molecule has 4 nitrogen and oxygen atoms in total. The number of carbonyl (C=O) groups is 1. The van der Waals surface area contributed by atoms with E-state index in [1.54, 1.807) is 4.90 Å². The molecule has 2 aliphatic rings. The molecule has 1 saturated carbocycles. The molecule has 2 aromatic rings. The predicted octanol–water partition coefficient (Wildman–Crippen LogP) is 4.32. The normalized spacial score (nSPS) is 17.2. The summed E-state index contributed by atoms with van der Waals surface area (Å²) in [5.74, 6) is 1.13. The van der Waals surface area contributed by atoms with Gasteiger partial charge in [0.05, 0.1) is 6.54 Å². The van der Waals surface area contributed by atoms with E-state index in [-0.39, 0.29) is 5.91 Å². The third-order valence-corrected chi connectivity index (χ3v) is 5.42. The van der Waals surface area contributed by atoms with Crippen molar-refractivity contribution in [2.45, 2.75) is 32.1 Å². The van der Waals surface area contributed by atoms with E-state index in [4.69, 9.17) is 4.74 Å². The van der Waals surface area contributed by atoms with Crippen molar-refractivity contribution >= 4 is 27.5 Å². The van der Waals surface area contributed by atoms with Crippen molar-refractivity contribution in [3.8, 4) is 5.75 Å². The number of amides is 1. The smallest absolute Gasteiger partial charge is 0.280 e. The zero-order valence-electron chi connectivity index (χ0n) is 13.6. The van der Waals surface area contributed by atoms with Crippen LogP contribution in [0.1, 0.15) is 47.3 Å². The molecule has 1 fully saturated rings. The predicted molar refractivity (Wildman–Crippen MR) is 96.9 cm³/mol. The van der Waals surface area contributed by atoms with Crippen LogP contribution in [0, 0.1) is 0 Å². The molecular weight excluding hydrogens is 368 g/mol. The Kier molecular flexibility index (Phi) is 4.04. The summed E-state index contributed by atoms with van der Waals surface area (Å²) in [5.41, 5.74) is 3.66. The molecule has 5 heteroatoms. The van der Waals surface area contributed by atoms with E-state index in [1.165, 1.54) is 18.4 Å². The summed E-state index contributed by atoms with van der Waals surface area (Å²) in [7, 11) is 0. The van der Waals surface area contributed by atoms with Gasteiger partial charge in [0.1, 0.15) is 6.61 Å². The lowest BCUT2D eigenvalue weighted by molar-refractivity contribution is 0.0985. The van der Waals surface area contributed by atoms with Gasteiger partial charge >= 0.3 is 0 Å². The Morgan fingerprint density at radius 3 is 2.96 bits per heavy atom. The van der Waals surface area contributed by atoms with Crippen molar-refractivity contribution < 1.29 is 9.53 Å². The summed E-state index contributed by atoms with van der Waals surface area (Å²) < 4.78 is 6.88. The Bertz CT molecular complexity index is 802. The second-order valence-corrected chi connectivity index (χ2v) is 7.14. The molecule has 0 radical (unpaired) electrons. The number of hydrogen-bond donors (Lipinski definition) is 0. The highest BCUT2D eigenvalue weighted by molar-refractivity contribution is 9.10. The molecule has 0 N–H and O–H groups in total. The highest BCUT2D eigenvalue weighted by atomic mass is 79.9. The highest BCUT2D eigenvalue weighted by Crippen LogP contribution is 2.41. The van der Waals surface area contributed by atoms with Crippen LogP contribution in [0.25, 0.3) is 0 Å². The number of carbonyl (C=O) groups excluding carboxylic acids is 1. The molecule has 0 saturated heterocycles. The average molecular weight is 387 g/mol. The maximum atomic E-state index is 13.1. The van der Waals surface area contributed by atoms with Crippen LogP contribution in [-0.4, -0.2) is 24.0 Å². The first-order valence-corrected chi connectivity index (χ1v) is 9.20. The standard InChI is InChI=1S/C19H19BrN2O2/c1-2-14-15(20)4-3-5-16(14)22-8-9-24-17-10-13(12-6-7-12)11-21-18(17)19(22)23/h3-5,10-12H,2,6-9H2,1H3. The first-order valence-electron chi connectivity index (χ1n) is 8.41. The largest absolute Gasteiger partial charge is 0.489 e. The monoisotopic (exact) mass is 386 g/mol. The summed E-state index contributed by atoms with van der Waals surface area (Å²) in [6.07, 6.45) is 5.10. The van der Waals surface area contributed by atoms with Crippen LogP contribution in [-0.2, 0) is 6.42 Å². The number of rotatable bonds is 3. The van der Waals surface area contributed by atoms with Gasteiger partial charge in [0.2, 0.25) is 0 Å². The maximum absolute atomic E-state index is 13.1. The quantitative estimate of drug-likeness (QED) is 0.788. The topological polar surface area (TPSA) is 42.4 Å². The van der Waals surface area contributed by atoms with E-state index >= 15 is 0 Å². The van der Waals surface area contributed by atoms with Gasteiger partial charge in [-0.1, -0.05) is 28.9 Å². The number of nitrogens with zero attached hydrogens (tertiary/aromatic N) is 2. The van der Waals surface area contributed by atoms with Gasteiger partial charge in [-0.15, -0.1) is 0 Å². The summed E-state index contributed by atoms with van der Waals surface area (Å²) >= 11 is 3.59. The summed E-state index contributed by atoms with van der Waals surface area (Å²) in [6.45, 7) is 3.10. The van der Waals surface area contributed by atoms with E-state index in [2.05, 4.69) is 27.8 Å². The first-order chi connectivity index (χ1) is 11.7. The number of halogens is 1. The van der Waals surface area contributed by atoms with E-state index in [0.717, 1.165) is 22.1 Å². The van der Waals surface area contributed by atoms with Gasteiger partial charge in [-0.25, -0.2) is 4.98 Å². The van der Waals surface area contributed by atoms with Crippen molar-refractivity contribution in [1.82, 2.24) is 4.98 Å². The lowest BCUT2D eigenvalue weighted by Crippen LogP contribution is -2.33. The Hall–Kier alpha value is -1.88. The minimum atomic E-state index is -0.0855. The van der Waals surface area contributed by atoms with E-state index in [1.807, 2.05) is 30.5 Å². The number of fused-ring (bicyclic) bond motifs is 1. The van der Waals surface area contributed by atoms with Crippen LogP contribution in [0.2, 0.25) is 0 Å². The van der Waals surface area contributed by atoms with Crippen LogP contribution < -0.4 is 9.64 Å². The van der Waals surface area contributed by atoms with E-state index in [0.29, 0.717) is 30.5 Å². The molecule has 0 atom stereocenters. The lowest BCUT2D eigenvalue weighted by atomic mass is 10.1. The third-order valence-electron chi connectivity index (χ3n) is 4.68. The van der Waals surface area contributed by atoms with Crippen LogP contribution in [0.15, 0.2) is 34.9 Å². The zero-order chi connectivity index (χ0) is 16.7. The second kappa shape index (κ2) is 6.20. The van der Waals surface area contributed by atoms with Crippen molar-refractivity contribution in [3.05, 3.63) is 51.8 Å². The fourth-order valence-corrected chi connectivity index (χ4v) is 3.86. The van der Waals surface area contributed by atoms with Crippen LogP contribution >= 0.6 is 15.9 Å². The summed E-state index contributed by atoms with van der Waals surface area (Å²) in [4.78, 5) is 19.3. The Morgan fingerprint density at radius 1 is 1.38 bits per heavy atom. The molecule has 0 spiro atoms. The van der Waals surface area contributed by atoms with Crippen LogP contribution in [0.4, 0.5) is 5.69 Å².